The maximum Gasteiger partial charge on any atom is 0.238 e. The maximum absolute atomic E-state index is 11.1. The monoisotopic (exact) mass is 185 g/mol. The lowest BCUT2D eigenvalue weighted by Gasteiger charge is -2.21. The summed E-state index contributed by atoms with van der Waals surface area (Å²) in [5, 5.41) is 3.23. The molecule has 1 unspecified atom stereocenters. The zero-order chi connectivity index (χ0) is 9.52. The van der Waals surface area contributed by atoms with Gasteiger partial charge in [0.1, 0.15) is 0 Å². The maximum atomic E-state index is 11.1. The van der Waals surface area contributed by atoms with E-state index in [1.807, 2.05) is 0 Å². The van der Waals surface area contributed by atoms with E-state index >= 15 is 0 Å². The molecule has 0 aromatic rings. The van der Waals surface area contributed by atoms with Crippen LogP contribution in [0.4, 0.5) is 0 Å². The van der Waals surface area contributed by atoms with Crippen molar-refractivity contribution >= 4 is 12.3 Å². The molecule has 0 aromatic carbocycles. The molecule has 0 saturated carbocycles. The van der Waals surface area contributed by atoms with Gasteiger partial charge in [-0.25, -0.2) is 0 Å². The molecule has 2 amide bonds. The Kier molecular flexibility index (Phi) is 4.25. The predicted octanol–water partition coefficient (Wildman–Crippen LogP) is -0.847. The van der Waals surface area contributed by atoms with Crippen molar-refractivity contribution in [1.82, 2.24) is 16.2 Å². The lowest BCUT2D eigenvalue weighted by atomic mass is 9.96. The molecule has 1 aliphatic rings. The van der Waals surface area contributed by atoms with Gasteiger partial charge in [-0.2, -0.15) is 0 Å². The van der Waals surface area contributed by atoms with E-state index in [1.54, 1.807) is 0 Å². The highest BCUT2D eigenvalue weighted by Gasteiger charge is 2.16. The van der Waals surface area contributed by atoms with Crippen LogP contribution in [0.5, 0.6) is 0 Å². The van der Waals surface area contributed by atoms with Crippen molar-refractivity contribution in [1.29, 1.82) is 0 Å². The van der Waals surface area contributed by atoms with Crippen molar-refractivity contribution in [2.45, 2.75) is 19.3 Å². The molecule has 0 radical (unpaired) electrons. The Morgan fingerprint density at radius 1 is 1.62 bits per heavy atom. The lowest BCUT2D eigenvalue weighted by molar-refractivity contribution is -0.125. The predicted molar refractivity (Wildman–Crippen MR) is 47.6 cm³/mol. The first-order chi connectivity index (χ1) is 6.33. The van der Waals surface area contributed by atoms with Crippen molar-refractivity contribution in [3.8, 4) is 0 Å². The van der Waals surface area contributed by atoms with Crippen molar-refractivity contribution in [2.24, 2.45) is 5.92 Å². The van der Waals surface area contributed by atoms with E-state index in [9.17, 15) is 9.59 Å². The fourth-order valence-corrected chi connectivity index (χ4v) is 1.52. The third-order valence-electron chi connectivity index (χ3n) is 2.14. The largest absolute Gasteiger partial charge is 0.316 e. The number of piperidine rings is 1. The van der Waals surface area contributed by atoms with Crippen LogP contribution in [0.15, 0.2) is 0 Å². The van der Waals surface area contributed by atoms with Crippen LogP contribution in [-0.4, -0.2) is 25.4 Å². The molecule has 0 aliphatic carbocycles. The van der Waals surface area contributed by atoms with E-state index < -0.39 is 0 Å². The summed E-state index contributed by atoms with van der Waals surface area (Å²) in [4.78, 5) is 21.0. The van der Waals surface area contributed by atoms with Gasteiger partial charge in [-0.1, -0.05) is 0 Å². The molecule has 0 spiro atoms. The topological polar surface area (TPSA) is 70.2 Å². The molecular weight excluding hydrogens is 170 g/mol. The molecule has 5 nitrogen and oxygen atoms in total. The van der Waals surface area contributed by atoms with Crippen LogP contribution in [0.3, 0.4) is 0 Å². The van der Waals surface area contributed by atoms with Crippen LogP contribution in [0.25, 0.3) is 0 Å². The third kappa shape index (κ3) is 3.89. The first kappa shape index (κ1) is 9.98. The number of hydrogen-bond donors (Lipinski definition) is 3. The SMILES string of the molecule is O=CNNC(=O)CC1CCCNC1. The van der Waals surface area contributed by atoms with Gasteiger partial charge in [0.25, 0.3) is 0 Å². The summed E-state index contributed by atoms with van der Waals surface area (Å²) in [5.41, 5.74) is 4.43. The Morgan fingerprint density at radius 3 is 3.08 bits per heavy atom. The van der Waals surface area contributed by atoms with E-state index in [0.29, 0.717) is 18.7 Å². The normalized spacial score (nSPS) is 22.0. The Hall–Kier alpha value is -1.10. The standard InChI is InChI=1S/C8H15N3O2/c12-6-10-11-8(13)4-7-2-1-3-9-5-7/h6-7,9H,1-5H2,(H,10,12)(H,11,13). The summed E-state index contributed by atoms with van der Waals surface area (Å²) in [6.07, 6.45) is 3.14. The second kappa shape index (κ2) is 5.53. The summed E-state index contributed by atoms with van der Waals surface area (Å²) in [6.45, 7) is 1.94. The Morgan fingerprint density at radius 2 is 2.46 bits per heavy atom. The molecule has 0 aromatic heterocycles. The molecule has 1 saturated heterocycles. The summed E-state index contributed by atoms with van der Waals surface area (Å²) >= 11 is 0. The van der Waals surface area contributed by atoms with Crippen LogP contribution in [0.1, 0.15) is 19.3 Å². The molecule has 3 N–H and O–H groups in total. The van der Waals surface area contributed by atoms with Gasteiger partial charge in [0.2, 0.25) is 12.3 Å². The zero-order valence-corrected chi connectivity index (χ0v) is 7.51. The fourth-order valence-electron chi connectivity index (χ4n) is 1.52. The van der Waals surface area contributed by atoms with Crippen molar-refractivity contribution < 1.29 is 9.59 Å². The van der Waals surface area contributed by atoms with Crippen molar-refractivity contribution in [2.75, 3.05) is 13.1 Å². The minimum absolute atomic E-state index is 0.124. The molecule has 1 atom stereocenters. The van der Waals surface area contributed by atoms with Crippen LogP contribution in [-0.2, 0) is 9.59 Å². The number of hydrazine groups is 1. The van der Waals surface area contributed by atoms with Crippen LogP contribution < -0.4 is 16.2 Å². The average molecular weight is 185 g/mol. The highest BCUT2D eigenvalue weighted by molar-refractivity contribution is 5.76. The van der Waals surface area contributed by atoms with Gasteiger partial charge in [-0.15, -0.1) is 0 Å². The van der Waals surface area contributed by atoms with Crippen molar-refractivity contribution in [3.63, 3.8) is 0 Å². The molecule has 1 heterocycles. The molecule has 0 bridgehead atoms. The molecule has 1 aliphatic heterocycles. The van der Waals surface area contributed by atoms with Gasteiger partial charge in [-0.05, 0) is 31.8 Å². The van der Waals surface area contributed by atoms with E-state index in [1.165, 1.54) is 0 Å². The van der Waals surface area contributed by atoms with Gasteiger partial charge in [0.05, 0.1) is 0 Å². The summed E-state index contributed by atoms with van der Waals surface area (Å²) in [5.74, 6) is 0.281. The molecule has 13 heavy (non-hydrogen) atoms. The molecule has 74 valence electrons. The lowest BCUT2D eigenvalue weighted by Crippen LogP contribution is -2.39. The van der Waals surface area contributed by atoms with E-state index in [0.717, 1.165) is 25.9 Å². The number of hydrogen-bond acceptors (Lipinski definition) is 3. The summed E-state index contributed by atoms with van der Waals surface area (Å²) in [7, 11) is 0. The fraction of sp³-hybridized carbons (Fsp3) is 0.750. The summed E-state index contributed by atoms with van der Waals surface area (Å²) < 4.78 is 0. The van der Waals surface area contributed by atoms with Gasteiger partial charge in [0, 0.05) is 6.42 Å². The number of nitrogens with one attached hydrogen (secondary N) is 3. The number of amides is 2. The van der Waals surface area contributed by atoms with Gasteiger partial charge < -0.3 is 5.32 Å². The molecule has 1 fully saturated rings. The summed E-state index contributed by atoms with van der Waals surface area (Å²) in [6, 6.07) is 0. The minimum atomic E-state index is -0.124. The highest BCUT2D eigenvalue weighted by atomic mass is 16.2. The average Bonchev–Trinajstić information content (AvgIpc) is 2.16. The molecule has 5 heteroatoms. The van der Waals surface area contributed by atoms with Gasteiger partial charge in [-0.3, -0.25) is 20.4 Å². The highest BCUT2D eigenvalue weighted by Crippen LogP contribution is 2.13. The van der Waals surface area contributed by atoms with Crippen LogP contribution in [0, 0.1) is 5.92 Å². The first-order valence-corrected chi connectivity index (χ1v) is 4.51. The van der Waals surface area contributed by atoms with Crippen LogP contribution >= 0.6 is 0 Å². The number of carbonyl (C=O) groups excluding carboxylic acids is 2. The number of rotatable bonds is 4. The van der Waals surface area contributed by atoms with Crippen molar-refractivity contribution in [3.05, 3.63) is 0 Å². The Bertz CT molecular complexity index is 178. The quantitative estimate of drug-likeness (QED) is 0.395. The number of carbonyl (C=O) groups is 2. The van der Waals surface area contributed by atoms with Crippen LogP contribution in [0.2, 0.25) is 0 Å². The third-order valence-corrected chi connectivity index (χ3v) is 2.14. The Labute approximate surface area is 77.2 Å². The Balaban J connectivity index is 2.14. The second-order valence-electron chi connectivity index (χ2n) is 3.23. The van der Waals surface area contributed by atoms with E-state index in [4.69, 9.17) is 0 Å². The van der Waals surface area contributed by atoms with Gasteiger partial charge >= 0.3 is 0 Å². The second-order valence-corrected chi connectivity index (χ2v) is 3.23. The first-order valence-electron chi connectivity index (χ1n) is 4.51. The molecular formula is C8H15N3O2. The minimum Gasteiger partial charge on any atom is -0.316 e. The van der Waals surface area contributed by atoms with Gasteiger partial charge in [0.15, 0.2) is 0 Å². The zero-order valence-electron chi connectivity index (χ0n) is 7.51. The smallest absolute Gasteiger partial charge is 0.238 e. The molecule has 1 rings (SSSR count). The van der Waals surface area contributed by atoms with E-state index in [-0.39, 0.29) is 5.91 Å². The van der Waals surface area contributed by atoms with E-state index in [2.05, 4.69) is 16.2 Å².